The number of ketones is 1. The third-order valence-electron chi connectivity index (χ3n) is 2.67. The molecule has 1 aliphatic carbocycles. The average Bonchev–Trinajstić information content (AvgIpc) is 2.49. The summed E-state index contributed by atoms with van der Waals surface area (Å²) in [6.07, 6.45) is 1.96. The highest BCUT2D eigenvalue weighted by Crippen LogP contribution is 2.44. The lowest BCUT2D eigenvalue weighted by atomic mass is 9.79. The third kappa shape index (κ3) is 0.842. The van der Waals surface area contributed by atoms with Gasteiger partial charge < -0.3 is 4.74 Å². The highest BCUT2D eigenvalue weighted by Gasteiger charge is 2.55. The van der Waals surface area contributed by atoms with Gasteiger partial charge in [0, 0.05) is 0 Å². The van der Waals surface area contributed by atoms with Crippen molar-refractivity contribution in [3.8, 4) is 0 Å². The Kier molecular flexibility index (Phi) is 1.46. The van der Waals surface area contributed by atoms with Gasteiger partial charge in [0.15, 0.2) is 11.2 Å². The zero-order valence-electron chi connectivity index (χ0n) is 7.42. The number of allylic oxidation sites excluding steroid dienone is 2. The van der Waals surface area contributed by atoms with E-state index in [9.17, 15) is 9.59 Å². The Hall–Kier alpha value is -1.38. The molecule has 1 spiro atoms. The van der Waals surface area contributed by atoms with Gasteiger partial charge >= 0.3 is 5.97 Å². The second kappa shape index (κ2) is 2.31. The fourth-order valence-electron chi connectivity index (χ4n) is 1.92. The molecule has 0 saturated carbocycles. The van der Waals surface area contributed by atoms with E-state index in [0.29, 0.717) is 12.0 Å². The number of rotatable bonds is 0. The smallest absolute Gasteiger partial charge is 0.324 e. The molecule has 3 nitrogen and oxygen atoms in total. The van der Waals surface area contributed by atoms with E-state index >= 15 is 0 Å². The summed E-state index contributed by atoms with van der Waals surface area (Å²) in [6, 6.07) is 0. The van der Waals surface area contributed by atoms with Crippen molar-refractivity contribution in [2.24, 2.45) is 5.41 Å². The number of ether oxygens (including phenoxy) is 1. The maximum absolute atomic E-state index is 11.6. The van der Waals surface area contributed by atoms with Crippen molar-refractivity contribution < 1.29 is 14.3 Å². The SMILES string of the molecule is C=C1COC(=O)C12CC(C)=CC2=O. The van der Waals surface area contributed by atoms with E-state index in [0.717, 1.165) is 5.57 Å². The van der Waals surface area contributed by atoms with Gasteiger partial charge in [-0.25, -0.2) is 0 Å². The predicted molar refractivity (Wildman–Crippen MR) is 45.9 cm³/mol. The predicted octanol–water partition coefficient (Wildman–Crippen LogP) is 1.00. The van der Waals surface area contributed by atoms with Crippen LogP contribution >= 0.6 is 0 Å². The Bertz CT molecular complexity index is 333. The molecule has 68 valence electrons. The summed E-state index contributed by atoms with van der Waals surface area (Å²) < 4.78 is 4.83. The van der Waals surface area contributed by atoms with E-state index in [1.807, 2.05) is 6.92 Å². The van der Waals surface area contributed by atoms with Gasteiger partial charge in [-0.15, -0.1) is 0 Å². The van der Waals surface area contributed by atoms with Crippen LogP contribution in [0.1, 0.15) is 13.3 Å². The van der Waals surface area contributed by atoms with Gasteiger partial charge in [0.05, 0.1) is 0 Å². The van der Waals surface area contributed by atoms with E-state index in [1.54, 1.807) is 0 Å². The maximum Gasteiger partial charge on any atom is 0.324 e. The molecule has 0 aromatic carbocycles. The van der Waals surface area contributed by atoms with Gasteiger partial charge in [-0.1, -0.05) is 12.2 Å². The largest absolute Gasteiger partial charge is 0.460 e. The number of carbonyl (C=O) groups is 2. The number of carbonyl (C=O) groups excluding carboxylic acids is 2. The highest BCUT2D eigenvalue weighted by molar-refractivity contribution is 6.15. The molecule has 1 aliphatic heterocycles. The fraction of sp³-hybridized carbons (Fsp3) is 0.400. The topological polar surface area (TPSA) is 43.4 Å². The first kappa shape index (κ1) is 8.23. The Labute approximate surface area is 76.1 Å². The van der Waals surface area contributed by atoms with Crippen molar-refractivity contribution in [2.75, 3.05) is 6.61 Å². The minimum atomic E-state index is -1.05. The zero-order chi connectivity index (χ0) is 9.64. The summed E-state index contributed by atoms with van der Waals surface area (Å²) >= 11 is 0. The lowest BCUT2D eigenvalue weighted by molar-refractivity contribution is -0.148. The van der Waals surface area contributed by atoms with Gasteiger partial charge in [-0.05, 0) is 25.0 Å². The second-order valence-electron chi connectivity index (χ2n) is 3.62. The van der Waals surface area contributed by atoms with E-state index in [2.05, 4.69) is 6.58 Å². The van der Waals surface area contributed by atoms with Crippen LogP contribution < -0.4 is 0 Å². The minimum absolute atomic E-state index is 0.169. The Morgan fingerprint density at radius 2 is 2.23 bits per heavy atom. The summed E-state index contributed by atoms with van der Waals surface area (Å²) in [5.41, 5.74) is 0.463. The molecule has 3 heteroatoms. The van der Waals surface area contributed by atoms with Crippen LogP contribution in [-0.2, 0) is 14.3 Å². The van der Waals surface area contributed by atoms with Crippen LogP contribution in [0.25, 0.3) is 0 Å². The monoisotopic (exact) mass is 178 g/mol. The molecule has 1 fully saturated rings. The first-order valence-corrected chi connectivity index (χ1v) is 4.14. The molecule has 2 aliphatic rings. The summed E-state index contributed by atoms with van der Waals surface area (Å²) in [5.74, 6) is -0.604. The summed E-state index contributed by atoms with van der Waals surface area (Å²) in [4.78, 5) is 23.0. The number of hydrogen-bond acceptors (Lipinski definition) is 3. The first-order chi connectivity index (χ1) is 6.07. The molecular formula is C10H10O3. The van der Waals surface area contributed by atoms with Crippen LogP contribution in [0.3, 0.4) is 0 Å². The number of esters is 1. The quantitative estimate of drug-likeness (QED) is 0.316. The van der Waals surface area contributed by atoms with Crippen LogP contribution in [0, 0.1) is 5.41 Å². The molecular weight excluding hydrogens is 168 g/mol. The molecule has 0 aromatic heterocycles. The van der Waals surface area contributed by atoms with Gasteiger partial charge in [0.2, 0.25) is 0 Å². The van der Waals surface area contributed by atoms with Crippen LogP contribution in [0.4, 0.5) is 0 Å². The summed E-state index contributed by atoms with van der Waals surface area (Å²) in [6.45, 7) is 5.75. The molecule has 0 N–H and O–H groups in total. The molecule has 2 rings (SSSR count). The van der Waals surface area contributed by atoms with Crippen LogP contribution in [0.15, 0.2) is 23.8 Å². The van der Waals surface area contributed by atoms with E-state index < -0.39 is 11.4 Å². The number of hydrogen-bond donors (Lipinski definition) is 0. The molecule has 0 bridgehead atoms. The van der Waals surface area contributed by atoms with Gasteiger partial charge in [-0.3, -0.25) is 9.59 Å². The van der Waals surface area contributed by atoms with E-state index in [4.69, 9.17) is 4.74 Å². The molecule has 1 unspecified atom stereocenters. The molecule has 1 heterocycles. The van der Waals surface area contributed by atoms with Gasteiger partial charge in [0.1, 0.15) is 6.61 Å². The number of cyclic esters (lactones) is 1. The Balaban J connectivity index is 2.48. The molecule has 1 atom stereocenters. The van der Waals surface area contributed by atoms with E-state index in [-0.39, 0.29) is 12.4 Å². The molecule has 13 heavy (non-hydrogen) atoms. The maximum atomic E-state index is 11.6. The lowest BCUT2D eigenvalue weighted by Gasteiger charge is -2.16. The van der Waals surface area contributed by atoms with Crippen molar-refractivity contribution in [1.29, 1.82) is 0 Å². The fourth-order valence-corrected chi connectivity index (χ4v) is 1.92. The standard InChI is InChI=1S/C10H10O3/c1-6-3-8(11)10(4-6)7(2)5-13-9(10)12/h3H,2,4-5H2,1H3. The molecule has 0 radical (unpaired) electrons. The van der Waals surface area contributed by atoms with Crippen molar-refractivity contribution in [1.82, 2.24) is 0 Å². The molecule has 1 saturated heterocycles. The second-order valence-corrected chi connectivity index (χ2v) is 3.62. The Morgan fingerprint density at radius 3 is 2.62 bits per heavy atom. The molecule has 0 aromatic rings. The minimum Gasteiger partial charge on any atom is -0.460 e. The third-order valence-corrected chi connectivity index (χ3v) is 2.67. The van der Waals surface area contributed by atoms with Crippen LogP contribution in [-0.4, -0.2) is 18.4 Å². The van der Waals surface area contributed by atoms with E-state index in [1.165, 1.54) is 6.08 Å². The van der Waals surface area contributed by atoms with Gasteiger partial charge in [0.25, 0.3) is 0 Å². The molecule has 0 amide bonds. The summed E-state index contributed by atoms with van der Waals surface area (Å²) in [5, 5.41) is 0. The Morgan fingerprint density at radius 1 is 1.54 bits per heavy atom. The zero-order valence-corrected chi connectivity index (χ0v) is 7.42. The van der Waals surface area contributed by atoms with Crippen molar-refractivity contribution in [2.45, 2.75) is 13.3 Å². The van der Waals surface area contributed by atoms with Gasteiger partial charge in [-0.2, -0.15) is 0 Å². The lowest BCUT2D eigenvalue weighted by Crippen LogP contribution is -2.32. The van der Waals surface area contributed by atoms with Crippen molar-refractivity contribution >= 4 is 11.8 Å². The first-order valence-electron chi connectivity index (χ1n) is 4.14. The summed E-state index contributed by atoms with van der Waals surface area (Å²) in [7, 11) is 0. The van der Waals surface area contributed by atoms with Crippen molar-refractivity contribution in [3.63, 3.8) is 0 Å². The van der Waals surface area contributed by atoms with Crippen LogP contribution in [0.2, 0.25) is 0 Å². The van der Waals surface area contributed by atoms with Crippen LogP contribution in [0.5, 0.6) is 0 Å². The normalized spacial score (nSPS) is 32.7. The van der Waals surface area contributed by atoms with Crippen molar-refractivity contribution in [3.05, 3.63) is 23.8 Å². The highest BCUT2D eigenvalue weighted by atomic mass is 16.5. The average molecular weight is 178 g/mol.